The van der Waals surface area contributed by atoms with E-state index in [1.807, 2.05) is 82.3 Å². The van der Waals surface area contributed by atoms with Gasteiger partial charge in [0.1, 0.15) is 29.7 Å². The lowest BCUT2D eigenvalue weighted by Crippen LogP contribution is -2.61. The normalized spacial score (nSPS) is 42.2. The fourth-order valence-electron chi connectivity index (χ4n) is 10.1. The molecular formula is C49H76N2O13. The van der Waals surface area contributed by atoms with Crippen LogP contribution < -0.4 is 0 Å². The van der Waals surface area contributed by atoms with E-state index >= 15 is 0 Å². The van der Waals surface area contributed by atoms with E-state index in [1.165, 1.54) is 14.0 Å². The van der Waals surface area contributed by atoms with Crippen LogP contribution in [0.5, 0.6) is 0 Å². The molecule has 0 radical (unpaired) electrons. The van der Waals surface area contributed by atoms with E-state index in [-0.39, 0.29) is 43.8 Å². The number of aliphatic hydroxyl groups excluding tert-OH is 3. The Morgan fingerprint density at radius 2 is 1.61 bits per heavy atom. The molecule has 0 amide bonds. The number of para-hydroxylation sites is 1. The number of likely N-dealkylation sites (N-methyl/N-ethyl adjacent to an activating group) is 1. The average Bonchev–Trinajstić information content (AvgIpc) is 3.26. The van der Waals surface area contributed by atoms with Crippen molar-refractivity contribution in [3.8, 4) is 0 Å². The lowest BCUT2D eigenvalue weighted by molar-refractivity contribution is -0.320. The fourth-order valence-corrected chi connectivity index (χ4v) is 10.1. The highest BCUT2D eigenvalue weighted by Crippen LogP contribution is 2.42. The number of rotatable bonds is 11. The van der Waals surface area contributed by atoms with Crippen molar-refractivity contribution < 1.29 is 63.2 Å². The maximum absolute atomic E-state index is 14.5. The number of esters is 1. The molecule has 18 atom stereocenters. The van der Waals surface area contributed by atoms with Gasteiger partial charge in [-0.1, -0.05) is 58.0 Å². The quantitative estimate of drug-likeness (QED) is 0.218. The number of benzene rings is 1. The smallest absolute Gasteiger partial charge is 0.311 e. The first kappa shape index (κ1) is 52.0. The molecule has 360 valence electrons. The summed E-state index contributed by atoms with van der Waals surface area (Å²) in [5.41, 5.74) is -2.74. The summed E-state index contributed by atoms with van der Waals surface area (Å²) in [7, 11) is 5.27. The van der Waals surface area contributed by atoms with Crippen LogP contribution in [0.25, 0.3) is 17.0 Å². The summed E-state index contributed by atoms with van der Waals surface area (Å²) in [5, 5.41) is 47.6. The van der Waals surface area contributed by atoms with Gasteiger partial charge < -0.3 is 58.5 Å². The van der Waals surface area contributed by atoms with E-state index in [4.69, 9.17) is 33.2 Å². The third kappa shape index (κ3) is 11.4. The number of aliphatic hydroxyl groups is 4. The van der Waals surface area contributed by atoms with E-state index in [9.17, 15) is 30.0 Å². The zero-order valence-electron chi connectivity index (χ0n) is 40.2. The molecule has 0 aliphatic carbocycles. The molecule has 4 heterocycles. The molecule has 0 unspecified atom stereocenters. The highest BCUT2D eigenvalue weighted by molar-refractivity contribution is 5.83. The van der Waals surface area contributed by atoms with Crippen molar-refractivity contribution in [3.63, 3.8) is 0 Å². The Balaban J connectivity index is 1.65. The Bertz CT molecular complexity index is 1900. The summed E-state index contributed by atoms with van der Waals surface area (Å²) in [4.78, 5) is 35.5. The molecule has 4 N–H and O–H groups in total. The van der Waals surface area contributed by atoms with E-state index in [0.29, 0.717) is 6.42 Å². The predicted octanol–water partition coefficient (Wildman–Crippen LogP) is 5.07. The number of hydrogen-bond donors (Lipinski definition) is 4. The first-order valence-corrected chi connectivity index (χ1v) is 23.0. The minimum Gasteiger partial charge on any atom is -0.459 e. The predicted molar refractivity (Wildman–Crippen MR) is 241 cm³/mol. The second-order valence-corrected chi connectivity index (χ2v) is 19.6. The van der Waals surface area contributed by atoms with Crippen molar-refractivity contribution >= 4 is 28.7 Å². The largest absolute Gasteiger partial charge is 0.459 e. The van der Waals surface area contributed by atoms with Crippen LogP contribution in [0.4, 0.5) is 0 Å². The molecule has 64 heavy (non-hydrogen) atoms. The van der Waals surface area contributed by atoms with Crippen molar-refractivity contribution in [2.75, 3.05) is 27.8 Å². The summed E-state index contributed by atoms with van der Waals surface area (Å²) in [5.74, 6) is -4.77. The Morgan fingerprint density at radius 1 is 0.922 bits per heavy atom. The summed E-state index contributed by atoms with van der Waals surface area (Å²) in [6.45, 7) is 17.2. The summed E-state index contributed by atoms with van der Waals surface area (Å²) >= 11 is 0. The van der Waals surface area contributed by atoms with Crippen LogP contribution >= 0.6 is 0 Å². The van der Waals surface area contributed by atoms with Crippen LogP contribution in [0.15, 0.2) is 42.6 Å². The summed E-state index contributed by atoms with van der Waals surface area (Å²) in [6, 6.07) is 9.52. The molecular weight excluding hydrogens is 825 g/mol. The minimum absolute atomic E-state index is 0.0448. The number of nitrogens with zero attached hydrogens (tertiary/aromatic N) is 2. The van der Waals surface area contributed by atoms with Gasteiger partial charge in [-0.15, -0.1) is 0 Å². The molecule has 3 aliphatic rings. The number of cyclic esters (lactones) is 1. The molecule has 3 aliphatic heterocycles. The molecule has 15 nitrogen and oxygen atoms in total. The molecule has 3 fully saturated rings. The SMILES string of the molecule is CC[C@H]1OC(=O)[C@H](C)[C@@H](O[C@H]2C[C@@](C)(OC)[C@@H](O)[C@H](C)O2)[C@H](C)[C@@H](O[C@@H]2O[C@H](C)C[C@H](N(C)C)[C@H]2O)[C@](C)(OC/C=C/c2cnc3ccccc3c2)C[C@@H](C)C(=O)[C@H](C)[C@@H](O)[C@]1(C)O. The van der Waals surface area contributed by atoms with Gasteiger partial charge in [-0.2, -0.15) is 0 Å². The van der Waals surface area contributed by atoms with Gasteiger partial charge in [0.25, 0.3) is 0 Å². The van der Waals surface area contributed by atoms with Gasteiger partial charge in [0, 0.05) is 48.9 Å². The van der Waals surface area contributed by atoms with Gasteiger partial charge >= 0.3 is 5.97 Å². The van der Waals surface area contributed by atoms with Crippen molar-refractivity contribution in [2.24, 2.45) is 23.7 Å². The van der Waals surface area contributed by atoms with Crippen LogP contribution in [-0.4, -0.2) is 154 Å². The first-order valence-electron chi connectivity index (χ1n) is 23.0. The second-order valence-electron chi connectivity index (χ2n) is 19.6. The molecule has 5 rings (SSSR count). The summed E-state index contributed by atoms with van der Waals surface area (Å²) < 4.78 is 45.4. The van der Waals surface area contributed by atoms with Crippen LogP contribution in [-0.2, 0) is 42.7 Å². The number of aromatic nitrogens is 1. The number of fused-ring (bicyclic) bond motifs is 1. The fraction of sp³-hybridized carbons (Fsp3) is 0.735. The topological polar surface area (TPSA) is 196 Å². The van der Waals surface area contributed by atoms with Gasteiger partial charge in [-0.3, -0.25) is 14.6 Å². The van der Waals surface area contributed by atoms with Gasteiger partial charge in [-0.25, -0.2) is 0 Å². The minimum atomic E-state index is -2.01. The molecule has 0 spiro atoms. The zero-order valence-corrected chi connectivity index (χ0v) is 40.2. The van der Waals surface area contributed by atoms with Crippen LogP contribution in [0.3, 0.4) is 0 Å². The molecule has 15 heteroatoms. The van der Waals surface area contributed by atoms with E-state index < -0.39 is 102 Å². The van der Waals surface area contributed by atoms with Crippen LogP contribution in [0, 0.1) is 23.7 Å². The number of hydrogen-bond acceptors (Lipinski definition) is 15. The summed E-state index contributed by atoms with van der Waals surface area (Å²) in [6.07, 6.45) is -3.84. The monoisotopic (exact) mass is 901 g/mol. The third-order valence-corrected chi connectivity index (χ3v) is 14.2. The third-order valence-electron chi connectivity index (χ3n) is 14.2. The number of ketones is 1. The molecule has 0 bridgehead atoms. The standard InChI is InChI=1S/C49H76N2O13/c1-14-37-49(10,57)42(54)29(4)39(52)27(2)24-48(9,59-21-17-18-33-23-34-19-15-16-20-35(34)50-26-33)44(64-46-40(53)36(51(11)12)22-28(3)60-46)30(5)41(31(6)45(56)62-37)63-38-25-47(8,58-13)43(55)32(7)61-38/h15-20,23,26-32,36-38,40-44,46,53-55,57H,14,21-22,24-25H2,1-13H3/b18-17+/t27-,28-,29+,30+,31-,32+,36+,37-,38+,40-,41+,42-,43+,44-,46+,47-,48-,49-/m1/s1. The maximum atomic E-state index is 14.5. The van der Waals surface area contributed by atoms with Crippen molar-refractivity contribution in [3.05, 3.63) is 48.2 Å². The molecule has 1 aromatic heterocycles. The average molecular weight is 901 g/mol. The Hall–Kier alpha value is -2.93. The molecule has 1 aromatic carbocycles. The second kappa shape index (κ2) is 21.4. The van der Waals surface area contributed by atoms with Gasteiger partial charge in [-0.05, 0) is 92.6 Å². The van der Waals surface area contributed by atoms with Crippen LogP contribution in [0.2, 0.25) is 0 Å². The van der Waals surface area contributed by atoms with Gasteiger partial charge in [0.15, 0.2) is 12.6 Å². The molecule has 2 aromatic rings. The van der Waals surface area contributed by atoms with Crippen molar-refractivity contribution in [2.45, 2.75) is 179 Å². The Morgan fingerprint density at radius 3 is 2.27 bits per heavy atom. The molecule has 0 saturated carbocycles. The number of carbonyl (C=O) groups excluding carboxylic acids is 2. The molecule has 3 saturated heterocycles. The highest BCUT2D eigenvalue weighted by Gasteiger charge is 2.54. The zero-order chi connectivity index (χ0) is 47.5. The Kier molecular flexibility index (Phi) is 17.4. The van der Waals surface area contributed by atoms with Crippen molar-refractivity contribution in [1.82, 2.24) is 9.88 Å². The lowest BCUT2D eigenvalue weighted by Gasteiger charge is -2.50. The van der Waals surface area contributed by atoms with E-state index in [1.54, 1.807) is 47.7 Å². The van der Waals surface area contributed by atoms with Gasteiger partial charge in [0.2, 0.25) is 0 Å². The van der Waals surface area contributed by atoms with E-state index in [2.05, 4.69) is 4.98 Å². The maximum Gasteiger partial charge on any atom is 0.311 e. The number of methoxy groups -OCH3 is 1. The number of carbonyl (C=O) groups is 2. The van der Waals surface area contributed by atoms with Crippen LogP contribution in [0.1, 0.15) is 100 Å². The number of ether oxygens (including phenoxy) is 7. The first-order chi connectivity index (χ1) is 30.0. The van der Waals surface area contributed by atoms with Gasteiger partial charge in [0.05, 0.1) is 59.8 Å². The Labute approximate surface area is 379 Å². The number of Topliss-reactive ketones (excluding diaryl/α,β-unsaturated/α-hetero) is 1. The highest BCUT2D eigenvalue weighted by atomic mass is 16.7. The van der Waals surface area contributed by atoms with Crippen molar-refractivity contribution in [1.29, 1.82) is 0 Å². The van der Waals surface area contributed by atoms with E-state index in [0.717, 1.165) is 16.5 Å². The lowest BCUT2D eigenvalue weighted by atomic mass is 9.73. The number of pyridine rings is 1.